The van der Waals surface area contributed by atoms with Crippen molar-refractivity contribution in [2.24, 2.45) is 10.8 Å². The lowest BCUT2D eigenvalue weighted by Gasteiger charge is -2.09. The minimum Gasteiger partial charge on any atom is -0.493 e. The Morgan fingerprint density at radius 1 is 1.11 bits per heavy atom. The van der Waals surface area contributed by atoms with Crippen LogP contribution in [0, 0.1) is 6.92 Å². The van der Waals surface area contributed by atoms with Crippen LogP contribution in [0.1, 0.15) is 11.1 Å². The van der Waals surface area contributed by atoms with E-state index >= 15 is 0 Å². The molecular formula is C19H21N3O5. The lowest BCUT2D eigenvalue weighted by atomic mass is 10.2. The summed E-state index contributed by atoms with van der Waals surface area (Å²) in [5.74, 6) is 0.434. The Labute approximate surface area is 156 Å². The van der Waals surface area contributed by atoms with Gasteiger partial charge in [-0.15, -0.1) is 0 Å². The van der Waals surface area contributed by atoms with Gasteiger partial charge in [0.05, 0.1) is 13.3 Å². The summed E-state index contributed by atoms with van der Waals surface area (Å²) < 4.78 is 15.8. The van der Waals surface area contributed by atoms with Crippen LogP contribution in [0.25, 0.3) is 0 Å². The summed E-state index contributed by atoms with van der Waals surface area (Å²) >= 11 is 0. The van der Waals surface area contributed by atoms with E-state index < -0.39 is 5.91 Å². The summed E-state index contributed by atoms with van der Waals surface area (Å²) in [6.07, 6.45) is 1.45. The van der Waals surface area contributed by atoms with E-state index in [1.54, 1.807) is 24.3 Å². The molecule has 0 aliphatic rings. The average Bonchev–Trinajstić information content (AvgIpc) is 2.65. The number of hydrogen-bond acceptors (Lipinski definition) is 6. The van der Waals surface area contributed by atoms with Crippen molar-refractivity contribution in [2.45, 2.75) is 6.92 Å². The number of hydrogen-bond donors (Lipinski definition) is 2. The third-order valence-corrected chi connectivity index (χ3v) is 3.32. The molecule has 0 aromatic heterocycles. The van der Waals surface area contributed by atoms with Crippen molar-refractivity contribution < 1.29 is 23.8 Å². The first-order valence-electron chi connectivity index (χ1n) is 8.08. The zero-order chi connectivity index (χ0) is 19.6. The molecule has 2 amide bonds. The summed E-state index contributed by atoms with van der Waals surface area (Å²) in [6, 6.07) is 12.4. The molecule has 0 saturated heterocycles. The van der Waals surface area contributed by atoms with Gasteiger partial charge in [-0.05, 0) is 48.4 Å². The molecule has 2 aromatic carbocycles. The first kappa shape index (κ1) is 19.8. The number of ether oxygens (including phenoxy) is 3. The fraction of sp³-hybridized carbons (Fsp3) is 0.211. The molecule has 0 aliphatic heterocycles. The molecule has 8 heteroatoms. The largest absolute Gasteiger partial charge is 0.493 e. The van der Waals surface area contributed by atoms with Crippen LogP contribution in [-0.4, -0.2) is 38.4 Å². The Kier molecular flexibility index (Phi) is 7.18. The Bertz CT molecular complexity index is 836. The van der Waals surface area contributed by atoms with Crippen molar-refractivity contribution >= 4 is 18.0 Å². The average molecular weight is 371 g/mol. The van der Waals surface area contributed by atoms with Gasteiger partial charge >= 0.3 is 0 Å². The maximum absolute atomic E-state index is 11.8. The number of benzene rings is 2. The van der Waals surface area contributed by atoms with Crippen LogP contribution in [0.3, 0.4) is 0 Å². The number of amides is 2. The van der Waals surface area contributed by atoms with Gasteiger partial charge in [-0.3, -0.25) is 9.59 Å². The molecule has 0 radical (unpaired) electrons. The van der Waals surface area contributed by atoms with E-state index in [4.69, 9.17) is 19.9 Å². The number of nitrogens with zero attached hydrogens (tertiary/aromatic N) is 1. The second kappa shape index (κ2) is 9.81. The zero-order valence-electron chi connectivity index (χ0n) is 15.1. The first-order chi connectivity index (χ1) is 13.0. The highest BCUT2D eigenvalue weighted by molar-refractivity contribution is 5.83. The Hall–Kier alpha value is -3.55. The third kappa shape index (κ3) is 6.69. The molecule has 8 nitrogen and oxygen atoms in total. The molecule has 2 aromatic rings. The quantitative estimate of drug-likeness (QED) is 0.511. The van der Waals surface area contributed by atoms with Crippen molar-refractivity contribution in [1.29, 1.82) is 0 Å². The van der Waals surface area contributed by atoms with Crippen LogP contribution in [0.15, 0.2) is 47.6 Å². The first-order valence-corrected chi connectivity index (χ1v) is 8.08. The van der Waals surface area contributed by atoms with Gasteiger partial charge in [0, 0.05) is 0 Å². The van der Waals surface area contributed by atoms with Crippen molar-refractivity contribution in [1.82, 2.24) is 5.43 Å². The maximum atomic E-state index is 11.8. The van der Waals surface area contributed by atoms with Crippen LogP contribution >= 0.6 is 0 Å². The third-order valence-electron chi connectivity index (χ3n) is 3.32. The predicted octanol–water partition coefficient (Wildman–Crippen LogP) is 1.40. The van der Waals surface area contributed by atoms with E-state index in [9.17, 15) is 9.59 Å². The molecule has 0 unspecified atom stereocenters. The molecule has 0 atom stereocenters. The van der Waals surface area contributed by atoms with Crippen LogP contribution in [0.4, 0.5) is 0 Å². The van der Waals surface area contributed by atoms with Gasteiger partial charge in [0.2, 0.25) is 0 Å². The molecule has 2 rings (SSSR count). The standard InChI is InChI=1S/C19H21N3O5/c1-13-4-3-5-15(8-13)26-12-19(24)22-21-10-14-6-7-16(17(9-14)25-2)27-11-18(20)23/h3-10H,11-12H2,1-2H3,(H2,20,23)(H,22,24)/b21-10+. The normalized spacial score (nSPS) is 10.4. The molecule has 3 N–H and O–H groups in total. The Balaban J connectivity index is 1.87. The summed E-state index contributed by atoms with van der Waals surface area (Å²) in [4.78, 5) is 22.6. The number of hydrazone groups is 1. The minimum atomic E-state index is -0.585. The smallest absolute Gasteiger partial charge is 0.277 e. The molecular weight excluding hydrogens is 350 g/mol. The van der Waals surface area contributed by atoms with E-state index in [0.29, 0.717) is 22.8 Å². The Morgan fingerprint density at radius 3 is 2.63 bits per heavy atom. The topological polar surface area (TPSA) is 112 Å². The van der Waals surface area contributed by atoms with Gasteiger partial charge < -0.3 is 19.9 Å². The van der Waals surface area contributed by atoms with Crippen LogP contribution in [-0.2, 0) is 9.59 Å². The highest BCUT2D eigenvalue weighted by Gasteiger charge is 2.07. The van der Waals surface area contributed by atoms with Gasteiger partial charge in [0.25, 0.3) is 11.8 Å². The monoisotopic (exact) mass is 371 g/mol. The number of carbonyl (C=O) groups excluding carboxylic acids is 2. The number of nitrogens with one attached hydrogen (secondary N) is 1. The predicted molar refractivity (Wildman–Crippen MR) is 100 cm³/mol. The van der Waals surface area contributed by atoms with E-state index in [2.05, 4.69) is 10.5 Å². The number of primary amides is 1. The van der Waals surface area contributed by atoms with E-state index in [0.717, 1.165) is 5.56 Å². The zero-order valence-corrected chi connectivity index (χ0v) is 15.1. The minimum absolute atomic E-state index is 0.149. The van der Waals surface area contributed by atoms with Gasteiger partial charge in [0.1, 0.15) is 5.75 Å². The molecule has 0 fully saturated rings. The van der Waals surface area contributed by atoms with E-state index in [1.807, 2.05) is 25.1 Å². The summed E-state index contributed by atoms with van der Waals surface area (Å²) in [6.45, 7) is 1.54. The van der Waals surface area contributed by atoms with Crippen LogP contribution < -0.4 is 25.4 Å². The number of rotatable bonds is 9. The van der Waals surface area contributed by atoms with Crippen molar-refractivity contribution in [3.8, 4) is 17.2 Å². The molecule has 0 spiro atoms. The highest BCUT2D eigenvalue weighted by atomic mass is 16.5. The second-order valence-electron chi connectivity index (χ2n) is 5.56. The molecule has 0 saturated carbocycles. The Morgan fingerprint density at radius 2 is 1.93 bits per heavy atom. The molecule has 0 aliphatic carbocycles. The second-order valence-corrected chi connectivity index (χ2v) is 5.56. The SMILES string of the molecule is COc1cc(/C=N/NC(=O)COc2cccc(C)c2)ccc1OCC(N)=O. The molecule has 0 bridgehead atoms. The highest BCUT2D eigenvalue weighted by Crippen LogP contribution is 2.27. The summed E-state index contributed by atoms with van der Waals surface area (Å²) in [7, 11) is 1.47. The lowest BCUT2D eigenvalue weighted by Crippen LogP contribution is -2.24. The van der Waals surface area contributed by atoms with Gasteiger partial charge in [-0.1, -0.05) is 12.1 Å². The van der Waals surface area contributed by atoms with Gasteiger partial charge in [-0.25, -0.2) is 5.43 Å². The number of carbonyl (C=O) groups is 2. The molecule has 27 heavy (non-hydrogen) atoms. The van der Waals surface area contributed by atoms with Gasteiger partial charge in [-0.2, -0.15) is 5.10 Å². The van der Waals surface area contributed by atoms with Crippen molar-refractivity contribution in [3.05, 3.63) is 53.6 Å². The fourth-order valence-electron chi connectivity index (χ4n) is 2.10. The van der Waals surface area contributed by atoms with E-state index in [-0.39, 0.29) is 19.1 Å². The maximum Gasteiger partial charge on any atom is 0.277 e. The molecule has 142 valence electrons. The number of methoxy groups -OCH3 is 1. The molecule has 0 heterocycles. The number of nitrogens with two attached hydrogens (primary N) is 1. The van der Waals surface area contributed by atoms with Crippen LogP contribution in [0.2, 0.25) is 0 Å². The summed E-state index contributed by atoms with van der Waals surface area (Å²) in [5.41, 5.74) is 9.14. The van der Waals surface area contributed by atoms with Crippen molar-refractivity contribution in [2.75, 3.05) is 20.3 Å². The summed E-state index contributed by atoms with van der Waals surface area (Å²) in [5, 5.41) is 3.88. The van der Waals surface area contributed by atoms with E-state index in [1.165, 1.54) is 13.3 Å². The lowest BCUT2D eigenvalue weighted by molar-refractivity contribution is -0.123. The van der Waals surface area contributed by atoms with Gasteiger partial charge in [0.15, 0.2) is 24.7 Å². The fourth-order valence-corrected chi connectivity index (χ4v) is 2.10. The number of aryl methyl sites for hydroxylation is 1. The van der Waals surface area contributed by atoms with Crippen molar-refractivity contribution in [3.63, 3.8) is 0 Å². The van der Waals surface area contributed by atoms with Crippen LogP contribution in [0.5, 0.6) is 17.2 Å².